The van der Waals surface area contributed by atoms with Gasteiger partial charge < -0.3 is 15.2 Å². The molecule has 0 fully saturated rings. The van der Waals surface area contributed by atoms with Crippen molar-refractivity contribution in [2.24, 2.45) is 0 Å². The van der Waals surface area contributed by atoms with E-state index in [1.54, 1.807) is 54.7 Å². The average Bonchev–Trinajstić information content (AvgIpc) is 2.74. The Morgan fingerprint density at radius 2 is 1.91 bits per heavy atom. The van der Waals surface area contributed by atoms with Gasteiger partial charge in [0, 0.05) is 24.2 Å². The van der Waals surface area contributed by atoms with Gasteiger partial charge in [-0.2, -0.15) is 4.98 Å². The third-order valence-electron chi connectivity index (χ3n) is 4.91. The highest BCUT2D eigenvalue weighted by atomic mass is 32.2. The SMILES string of the molecule is Cc1ccc(CS(C)(=O)=O)cc1Nc1nccc(Oc2ccc3c(C(=O)O)cccc3c2)n1. The van der Waals surface area contributed by atoms with Gasteiger partial charge in [0.2, 0.25) is 11.8 Å². The van der Waals surface area contributed by atoms with Crippen molar-refractivity contribution in [2.45, 2.75) is 12.7 Å². The van der Waals surface area contributed by atoms with Crippen LogP contribution >= 0.6 is 0 Å². The van der Waals surface area contributed by atoms with Crippen LogP contribution in [0, 0.1) is 6.92 Å². The summed E-state index contributed by atoms with van der Waals surface area (Å²) in [6, 6.07) is 17.2. The summed E-state index contributed by atoms with van der Waals surface area (Å²) in [5.41, 5.74) is 2.49. The number of aryl methyl sites for hydroxylation is 1. The molecular formula is C24H21N3O5S. The summed E-state index contributed by atoms with van der Waals surface area (Å²) in [6.07, 6.45) is 2.74. The zero-order valence-corrected chi connectivity index (χ0v) is 18.8. The molecule has 1 aromatic heterocycles. The number of aromatic nitrogens is 2. The molecule has 0 aliphatic rings. The predicted octanol–water partition coefficient (Wildman–Crippen LogP) is 4.72. The number of ether oxygens (including phenoxy) is 1. The summed E-state index contributed by atoms with van der Waals surface area (Å²) in [4.78, 5) is 20.0. The molecule has 4 aromatic rings. The highest BCUT2D eigenvalue weighted by molar-refractivity contribution is 7.89. The lowest BCUT2D eigenvalue weighted by Crippen LogP contribution is -2.03. The number of rotatable bonds is 7. The van der Waals surface area contributed by atoms with E-state index in [-0.39, 0.29) is 11.3 Å². The van der Waals surface area contributed by atoms with E-state index in [1.165, 1.54) is 6.26 Å². The second-order valence-corrected chi connectivity index (χ2v) is 9.80. The molecule has 0 saturated carbocycles. The number of hydrogen-bond donors (Lipinski definition) is 2. The maximum atomic E-state index is 11.6. The highest BCUT2D eigenvalue weighted by Crippen LogP contribution is 2.28. The van der Waals surface area contributed by atoms with E-state index in [4.69, 9.17) is 4.74 Å². The van der Waals surface area contributed by atoms with Crippen molar-refractivity contribution in [3.05, 3.63) is 83.6 Å². The van der Waals surface area contributed by atoms with Gasteiger partial charge in [0.05, 0.1) is 11.3 Å². The number of anilines is 2. The number of aromatic carboxylic acids is 1. The van der Waals surface area contributed by atoms with Crippen LogP contribution in [0.5, 0.6) is 11.6 Å². The molecule has 2 N–H and O–H groups in total. The van der Waals surface area contributed by atoms with E-state index >= 15 is 0 Å². The van der Waals surface area contributed by atoms with Crippen LogP contribution in [0.25, 0.3) is 10.8 Å². The number of carboxylic acids is 1. The standard InChI is InChI=1S/C24H21N3O5S/c1-15-6-7-16(14-33(2,30)31)12-21(15)26-24-25-11-10-22(27-24)32-18-8-9-19-17(13-18)4-3-5-20(19)23(28)29/h3-13H,14H2,1-2H3,(H,28,29)(H,25,26,27). The Morgan fingerprint density at radius 3 is 2.67 bits per heavy atom. The number of fused-ring (bicyclic) bond motifs is 1. The molecule has 9 heteroatoms. The zero-order chi connectivity index (χ0) is 23.6. The Morgan fingerprint density at radius 1 is 1.09 bits per heavy atom. The number of sulfone groups is 1. The van der Waals surface area contributed by atoms with Gasteiger partial charge in [-0.25, -0.2) is 18.2 Å². The number of nitrogens with zero attached hydrogens (tertiary/aromatic N) is 2. The largest absolute Gasteiger partial charge is 0.478 e. The molecule has 33 heavy (non-hydrogen) atoms. The number of hydrogen-bond acceptors (Lipinski definition) is 7. The first-order valence-electron chi connectivity index (χ1n) is 9.99. The minimum absolute atomic E-state index is 0.0580. The molecule has 0 atom stereocenters. The molecule has 168 valence electrons. The molecule has 3 aromatic carbocycles. The van der Waals surface area contributed by atoms with Crippen LogP contribution in [0.15, 0.2) is 66.9 Å². The van der Waals surface area contributed by atoms with E-state index in [1.807, 2.05) is 19.1 Å². The molecule has 0 aliphatic heterocycles. The Hall–Kier alpha value is -3.98. The van der Waals surface area contributed by atoms with Crippen molar-refractivity contribution >= 4 is 38.2 Å². The average molecular weight is 464 g/mol. The van der Waals surface area contributed by atoms with E-state index in [0.717, 1.165) is 10.9 Å². The third kappa shape index (κ3) is 5.45. The number of nitrogens with one attached hydrogen (secondary N) is 1. The van der Waals surface area contributed by atoms with Crippen molar-refractivity contribution in [1.29, 1.82) is 0 Å². The van der Waals surface area contributed by atoms with E-state index in [0.29, 0.717) is 34.2 Å². The highest BCUT2D eigenvalue weighted by Gasteiger charge is 2.11. The summed E-state index contributed by atoms with van der Waals surface area (Å²) in [7, 11) is -3.16. The van der Waals surface area contributed by atoms with Crippen LogP contribution < -0.4 is 10.1 Å². The Balaban J connectivity index is 1.57. The first-order chi connectivity index (χ1) is 15.7. The number of carbonyl (C=O) groups is 1. The molecule has 0 unspecified atom stereocenters. The fourth-order valence-corrected chi connectivity index (χ4v) is 4.19. The van der Waals surface area contributed by atoms with E-state index in [9.17, 15) is 18.3 Å². The molecule has 0 amide bonds. The number of benzene rings is 3. The van der Waals surface area contributed by atoms with Crippen molar-refractivity contribution in [2.75, 3.05) is 11.6 Å². The minimum Gasteiger partial charge on any atom is -0.478 e. The molecular weight excluding hydrogens is 442 g/mol. The molecule has 0 bridgehead atoms. The maximum absolute atomic E-state index is 11.6. The lowest BCUT2D eigenvalue weighted by molar-refractivity contribution is 0.0699. The monoisotopic (exact) mass is 463 g/mol. The van der Waals surface area contributed by atoms with E-state index in [2.05, 4.69) is 15.3 Å². The quantitative estimate of drug-likeness (QED) is 0.404. The smallest absolute Gasteiger partial charge is 0.336 e. The first kappa shape index (κ1) is 22.2. The molecule has 8 nitrogen and oxygen atoms in total. The summed E-state index contributed by atoms with van der Waals surface area (Å²) in [5.74, 6) is 0.0438. The van der Waals surface area contributed by atoms with Crippen molar-refractivity contribution < 1.29 is 23.1 Å². The van der Waals surface area contributed by atoms with Crippen LogP contribution in [0.1, 0.15) is 21.5 Å². The summed E-state index contributed by atoms with van der Waals surface area (Å²) < 4.78 is 29.1. The molecule has 0 radical (unpaired) electrons. The van der Waals surface area contributed by atoms with Gasteiger partial charge in [-0.05, 0) is 59.2 Å². The summed E-state index contributed by atoms with van der Waals surface area (Å²) in [6.45, 7) is 1.90. The van der Waals surface area contributed by atoms with Gasteiger partial charge in [0.15, 0.2) is 9.84 Å². The van der Waals surface area contributed by atoms with Crippen LogP contribution in [-0.4, -0.2) is 35.7 Å². The molecule has 0 spiro atoms. The molecule has 0 saturated heterocycles. The van der Waals surface area contributed by atoms with Gasteiger partial charge in [0.25, 0.3) is 0 Å². The summed E-state index contributed by atoms with van der Waals surface area (Å²) >= 11 is 0. The second-order valence-electron chi connectivity index (χ2n) is 7.66. The van der Waals surface area contributed by atoms with Gasteiger partial charge >= 0.3 is 5.97 Å². The summed E-state index contributed by atoms with van der Waals surface area (Å²) in [5, 5.41) is 13.8. The first-order valence-corrected chi connectivity index (χ1v) is 12.1. The van der Waals surface area contributed by atoms with E-state index < -0.39 is 15.8 Å². The third-order valence-corrected chi connectivity index (χ3v) is 5.77. The normalized spacial score (nSPS) is 11.3. The van der Waals surface area contributed by atoms with Crippen LogP contribution in [0.3, 0.4) is 0 Å². The van der Waals surface area contributed by atoms with Crippen LogP contribution in [0.2, 0.25) is 0 Å². The van der Waals surface area contributed by atoms with Crippen LogP contribution in [0.4, 0.5) is 11.6 Å². The molecule has 4 rings (SSSR count). The maximum Gasteiger partial charge on any atom is 0.336 e. The second kappa shape index (κ2) is 8.87. The molecule has 0 aliphatic carbocycles. The van der Waals surface area contributed by atoms with Crippen molar-refractivity contribution in [3.63, 3.8) is 0 Å². The number of carboxylic acid groups (broad SMARTS) is 1. The molecule has 1 heterocycles. The van der Waals surface area contributed by atoms with Crippen molar-refractivity contribution in [3.8, 4) is 11.6 Å². The zero-order valence-electron chi connectivity index (χ0n) is 17.9. The lowest BCUT2D eigenvalue weighted by Gasteiger charge is -2.12. The van der Waals surface area contributed by atoms with Gasteiger partial charge in [-0.3, -0.25) is 0 Å². The Bertz CT molecular complexity index is 1470. The topological polar surface area (TPSA) is 118 Å². The fraction of sp³-hybridized carbons (Fsp3) is 0.125. The van der Waals surface area contributed by atoms with Gasteiger partial charge in [-0.15, -0.1) is 0 Å². The van der Waals surface area contributed by atoms with Crippen molar-refractivity contribution in [1.82, 2.24) is 9.97 Å². The fourth-order valence-electron chi connectivity index (χ4n) is 3.41. The minimum atomic E-state index is -3.16. The van der Waals surface area contributed by atoms with Gasteiger partial charge in [0.1, 0.15) is 5.75 Å². The predicted molar refractivity (Wildman–Crippen MR) is 126 cm³/mol. The lowest BCUT2D eigenvalue weighted by atomic mass is 10.0. The van der Waals surface area contributed by atoms with Gasteiger partial charge in [-0.1, -0.05) is 24.3 Å². The Kier molecular flexibility index (Phi) is 5.97. The van der Waals surface area contributed by atoms with Crippen LogP contribution in [-0.2, 0) is 15.6 Å². The Labute approximate surface area is 190 Å².